The Kier molecular flexibility index (Phi) is 7.16. The molecule has 5 rings (SSSR count). The van der Waals surface area contributed by atoms with Crippen molar-refractivity contribution in [2.45, 2.75) is 31.8 Å². The highest BCUT2D eigenvalue weighted by atomic mass is 32.1. The highest BCUT2D eigenvalue weighted by molar-refractivity contribution is 7.12. The van der Waals surface area contributed by atoms with Crippen molar-refractivity contribution in [2.75, 3.05) is 20.1 Å². The fraction of sp³-hybridized carbons (Fsp3) is 0.321. The third-order valence-electron chi connectivity index (χ3n) is 7.05. The van der Waals surface area contributed by atoms with Crippen molar-refractivity contribution in [2.24, 2.45) is 5.92 Å². The molecular weight excluding hydrogens is 459 g/mol. The Morgan fingerprint density at radius 2 is 1.86 bits per heavy atom. The smallest absolute Gasteiger partial charge is 0.263 e. The minimum atomic E-state index is -0.202. The van der Waals surface area contributed by atoms with E-state index < -0.39 is 0 Å². The van der Waals surface area contributed by atoms with Crippen molar-refractivity contribution in [3.63, 3.8) is 0 Å². The minimum Gasteiger partial charge on any atom is -0.337 e. The highest BCUT2D eigenvalue weighted by Gasteiger charge is 2.32. The van der Waals surface area contributed by atoms with E-state index in [0.717, 1.165) is 48.4 Å². The maximum absolute atomic E-state index is 14.6. The number of amides is 1. The van der Waals surface area contributed by atoms with Crippen LogP contribution in [0.15, 0.2) is 72.4 Å². The van der Waals surface area contributed by atoms with Crippen molar-refractivity contribution >= 4 is 28.3 Å². The van der Waals surface area contributed by atoms with Gasteiger partial charge in [0.2, 0.25) is 0 Å². The van der Waals surface area contributed by atoms with Crippen LogP contribution in [-0.4, -0.2) is 51.9 Å². The summed E-state index contributed by atoms with van der Waals surface area (Å²) >= 11 is 1.45. The predicted octanol–water partition coefficient (Wildman–Crippen LogP) is 5.43. The number of piperidine rings is 1. The summed E-state index contributed by atoms with van der Waals surface area (Å²) in [6.45, 7) is 2.75. The normalized spacial score (nSPS) is 15.8. The zero-order valence-corrected chi connectivity index (χ0v) is 20.6. The second-order valence-corrected chi connectivity index (χ2v) is 10.2. The van der Waals surface area contributed by atoms with Gasteiger partial charge in [0.25, 0.3) is 5.91 Å². The molecule has 0 N–H and O–H groups in total. The van der Waals surface area contributed by atoms with Crippen LogP contribution in [0.2, 0.25) is 0 Å². The van der Waals surface area contributed by atoms with E-state index in [2.05, 4.69) is 27.0 Å². The largest absolute Gasteiger partial charge is 0.337 e. The SMILES string of the molecule is CN(C(=O)c1cccs1)[C@H](Cc1ccccc1F)C1CCN(Cc2ccc3nccnc3c2)CC1. The van der Waals surface area contributed by atoms with Gasteiger partial charge in [-0.2, -0.15) is 0 Å². The van der Waals surface area contributed by atoms with Gasteiger partial charge < -0.3 is 4.90 Å². The summed E-state index contributed by atoms with van der Waals surface area (Å²) in [5.41, 5.74) is 3.72. The van der Waals surface area contributed by atoms with Gasteiger partial charge in [0.15, 0.2) is 0 Å². The number of thiophene rings is 1. The molecule has 0 unspecified atom stereocenters. The van der Waals surface area contributed by atoms with E-state index in [1.54, 1.807) is 18.5 Å². The van der Waals surface area contributed by atoms with E-state index in [0.29, 0.717) is 17.9 Å². The fourth-order valence-corrected chi connectivity index (χ4v) is 5.80. The molecule has 1 saturated heterocycles. The summed E-state index contributed by atoms with van der Waals surface area (Å²) < 4.78 is 14.6. The first kappa shape index (κ1) is 23.6. The summed E-state index contributed by atoms with van der Waals surface area (Å²) in [4.78, 5) is 27.0. The summed E-state index contributed by atoms with van der Waals surface area (Å²) in [5.74, 6) is 0.120. The number of hydrogen-bond donors (Lipinski definition) is 0. The van der Waals surface area contributed by atoms with Gasteiger partial charge in [0.1, 0.15) is 5.82 Å². The molecule has 2 aromatic heterocycles. The summed E-state index contributed by atoms with van der Waals surface area (Å²) in [6, 6.07) is 16.9. The molecule has 0 aliphatic carbocycles. The average molecular weight is 489 g/mol. The molecule has 0 spiro atoms. The number of nitrogens with zero attached hydrogens (tertiary/aromatic N) is 4. The van der Waals surface area contributed by atoms with Crippen LogP contribution in [0.3, 0.4) is 0 Å². The van der Waals surface area contributed by atoms with Crippen LogP contribution in [-0.2, 0) is 13.0 Å². The molecule has 35 heavy (non-hydrogen) atoms. The third kappa shape index (κ3) is 5.41. The van der Waals surface area contributed by atoms with Gasteiger partial charge in [-0.05, 0) is 79.0 Å². The Labute approximate surface area is 209 Å². The molecule has 1 aliphatic rings. The average Bonchev–Trinajstić information content (AvgIpc) is 3.43. The maximum Gasteiger partial charge on any atom is 0.263 e. The second kappa shape index (κ2) is 10.6. The number of carbonyl (C=O) groups is 1. The quantitative estimate of drug-likeness (QED) is 0.348. The summed E-state index contributed by atoms with van der Waals surface area (Å²) in [6.07, 6.45) is 5.89. The first-order valence-corrected chi connectivity index (χ1v) is 12.9. The zero-order valence-electron chi connectivity index (χ0n) is 19.8. The van der Waals surface area contributed by atoms with E-state index in [4.69, 9.17) is 0 Å². The molecule has 4 aromatic rings. The van der Waals surface area contributed by atoms with Crippen LogP contribution in [0.25, 0.3) is 11.0 Å². The van der Waals surface area contributed by atoms with E-state index in [9.17, 15) is 9.18 Å². The Balaban J connectivity index is 1.29. The molecule has 1 amide bonds. The summed E-state index contributed by atoms with van der Waals surface area (Å²) in [5, 5.41) is 1.92. The molecule has 1 aliphatic heterocycles. The number of fused-ring (bicyclic) bond motifs is 1. The standard InChI is InChI=1S/C28H29FN4OS/c1-32(28(34)27-7-4-16-35-27)26(18-22-5-2-3-6-23(22)29)21-10-14-33(15-11-21)19-20-8-9-24-25(17-20)31-13-12-30-24/h2-9,12-13,16-17,21,26H,10-11,14-15,18-19H2,1H3/t26-/m1/s1. The van der Waals surface area contributed by atoms with Crippen molar-refractivity contribution in [3.05, 3.63) is 94.2 Å². The van der Waals surface area contributed by atoms with Gasteiger partial charge >= 0.3 is 0 Å². The first-order chi connectivity index (χ1) is 17.1. The van der Waals surface area contributed by atoms with Crippen LogP contribution >= 0.6 is 11.3 Å². The molecular formula is C28H29FN4OS. The molecule has 5 nitrogen and oxygen atoms in total. The minimum absolute atomic E-state index is 0.0149. The van der Waals surface area contributed by atoms with Crippen LogP contribution in [0.1, 0.15) is 33.6 Å². The van der Waals surface area contributed by atoms with E-state index in [-0.39, 0.29) is 17.8 Å². The third-order valence-corrected chi connectivity index (χ3v) is 7.91. The van der Waals surface area contributed by atoms with E-state index in [1.807, 2.05) is 47.7 Å². The van der Waals surface area contributed by atoms with Crippen LogP contribution < -0.4 is 0 Å². The van der Waals surface area contributed by atoms with Crippen molar-refractivity contribution in [1.82, 2.24) is 19.8 Å². The number of likely N-dealkylation sites (N-methyl/N-ethyl adjacent to an activating group) is 1. The van der Waals surface area contributed by atoms with Crippen LogP contribution in [0.4, 0.5) is 4.39 Å². The van der Waals surface area contributed by atoms with Gasteiger partial charge in [0, 0.05) is 32.0 Å². The molecule has 7 heteroatoms. The first-order valence-electron chi connectivity index (χ1n) is 12.0. The number of rotatable bonds is 7. The maximum atomic E-state index is 14.6. The number of likely N-dealkylation sites (tertiary alicyclic amines) is 1. The summed E-state index contributed by atoms with van der Waals surface area (Å²) in [7, 11) is 1.87. The molecule has 0 radical (unpaired) electrons. The van der Waals surface area contributed by atoms with Crippen LogP contribution in [0.5, 0.6) is 0 Å². The second-order valence-electron chi connectivity index (χ2n) is 9.25. The van der Waals surface area contributed by atoms with Crippen molar-refractivity contribution in [1.29, 1.82) is 0 Å². The Morgan fingerprint density at radius 3 is 2.60 bits per heavy atom. The topological polar surface area (TPSA) is 49.3 Å². The lowest BCUT2D eigenvalue weighted by Gasteiger charge is -2.40. The van der Waals surface area contributed by atoms with Crippen molar-refractivity contribution < 1.29 is 9.18 Å². The van der Waals surface area contributed by atoms with Gasteiger partial charge in [-0.15, -0.1) is 11.3 Å². The highest BCUT2D eigenvalue weighted by Crippen LogP contribution is 2.29. The molecule has 1 fully saturated rings. The monoisotopic (exact) mass is 488 g/mol. The van der Waals surface area contributed by atoms with Gasteiger partial charge in [-0.25, -0.2) is 4.39 Å². The van der Waals surface area contributed by atoms with Crippen LogP contribution in [0, 0.1) is 11.7 Å². The molecule has 0 bridgehead atoms. The number of halogens is 1. The lowest BCUT2D eigenvalue weighted by Crippen LogP contribution is -2.47. The van der Waals surface area contributed by atoms with E-state index in [1.165, 1.54) is 23.0 Å². The molecule has 2 aromatic carbocycles. The van der Waals surface area contributed by atoms with Crippen molar-refractivity contribution in [3.8, 4) is 0 Å². The Bertz CT molecular complexity index is 1290. The lowest BCUT2D eigenvalue weighted by atomic mass is 9.84. The number of aromatic nitrogens is 2. The molecule has 3 heterocycles. The Morgan fingerprint density at radius 1 is 1.09 bits per heavy atom. The number of carbonyl (C=O) groups excluding carboxylic acids is 1. The van der Waals surface area contributed by atoms with Gasteiger partial charge in [0.05, 0.1) is 15.9 Å². The van der Waals surface area contributed by atoms with Gasteiger partial charge in [-0.3, -0.25) is 19.7 Å². The molecule has 0 saturated carbocycles. The molecule has 1 atom stereocenters. The van der Waals surface area contributed by atoms with Gasteiger partial charge in [-0.1, -0.05) is 30.3 Å². The fourth-order valence-electron chi connectivity index (χ4n) is 5.09. The van der Waals surface area contributed by atoms with E-state index >= 15 is 0 Å². The number of hydrogen-bond acceptors (Lipinski definition) is 5. The number of benzene rings is 2. The zero-order chi connectivity index (χ0) is 24.2. The lowest BCUT2D eigenvalue weighted by molar-refractivity contribution is 0.0588. The predicted molar refractivity (Wildman–Crippen MR) is 138 cm³/mol. The Hall–Kier alpha value is -3.16. The molecule has 180 valence electrons.